The van der Waals surface area contributed by atoms with Crippen molar-refractivity contribution in [2.24, 2.45) is 0 Å². The molecule has 3 nitrogen and oxygen atoms in total. The predicted octanol–water partition coefficient (Wildman–Crippen LogP) is 2.38. The Hall–Kier alpha value is -1.55. The van der Waals surface area contributed by atoms with E-state index in [0.29, 0.717) is 0 Å². The number of benzene rings is 1. The summed E-state index contributed by atoms with van der Waals surface area (Å²) in [6, 6.07) is 7.77. The van der Waals surface area contributed by atoms with Gasteiger partial charge >= 0.3 is 0 Å². The second-order valence-corrected chi connectivity index (χ2v) is 4.21. The summed E-state index contributed by atoms with van der Waals surface area (Å²) in [5.41, 5.74) is 7.52. The van der Waals surface area contributed by atoms with E-state index in [0.717, 1.165) is 29.3 Å². The van der Waals surface area contributed by atoms with Crippen LogP contribution in [0.4, 0.5) is 11.4 Å². The molecule has 2 rings (SSSR count). The number of rotatable bonds is 4. The Labute approximate surface area is 93.0 Å². The average Bonchev–Trinajstić information content (AvgIpc) is 2.71. The van der Waals surface area contributed by atoms with Gasteiger partial charge in [-0.25, -0.2) is 4.98 Å². The van der Waals surface area contributed by atoms with Crippen LogP contribution in [-0.2, 0) is 6.42 Å². The monoisotopic (exact) mass is 219 g/mol. The topological polar surface area (TPSA) is 50.9 Å². The van der Waals surface area contributed by atoms with E-state index in [2.05, 4.69) is 10.3 Å². The van der Waals surface area contributed by atoms with Gasteiger partial charge in [0.1, 0.15) is 0 Å². The van der Waals surface area contributed by atoms with Gasteiger partial charge in [-0.3, -0.25) is 0 Å². The van der Waals surface area contributed by atoms with Gasteiger partial charge in [-0.05, 0) is 18.2 Å². The largest absolute Gasteiger partial charge is 0.399 e. The van der Waals surface area contributed by atoms with Gasteiger partial charge in [0.05, 0.1) is 5.01 Å². The van der Waals surface area contributed by atoms with E-state index in [1.807, 2.05) is 35.8 Å². The van der Waals surface area contributed by atoms with Gasteiger partial charge in [-0.1, -0.05) is 6.07 Å². The molecule has 0 amide bonds. The number of thiazole rings is 1. The quantitative estimate of drug-likeness (QED) is 0.776. The fraction of sp³-hybridized carbons (Fsp3) is 0.182. The summed E-state index contributed by atoms with van der Waals surface area (Å²) in [5.74, 6) is 0. The molecule has 1 aromatic heterocycles. The van der Waals surface area contributed by atoms with E-state index in [1.165, 1.54) is 0 Å². The molecule has 0 aliphatic carbocycles. The SMILES string of the molecule is Nc1cccc(NCCc2nccs2)c1. The van der Waals surface area contributed by atoms with E-state index in [9.17, 15) is 0 Å². The van der Waals surface area contributed by atoms with Gasteiger partial charge in [0, 0.05) is 35.9 Å². The molecular formula is C11H13N3S. The predicted molar refractivity (Wildman–Crippen MR) is 65.2 cm³/mol. The zero-order valence-corrected chi connectivity index (χ0v) is 9.13. The van der Waals surface area contributed by atoms with Gasteiger partial charge in [-0.15, -0.1) is 11.3 Å². The summed E-state index contributed by atoms with van der Waals surface area (Å²) in [6.45, 7) is 0.886. The Bertz CT molecular complexity index is 412. The number of nitrogens with one attached hydrogen (secondary N) is 1. The van der Waals surface area contributed by atoms with Gasteiger partial charge in [0.2, 0.25) is 0 Å². The first-order valence-corrected chi connectivity index (χ1v) is 5.70. The van der Waals surface area contributed by atoms with Gasteiger partial charge in [-0.2, -0.15) is 0 Å². The minimum atomic E-state index is 0.786. The number of aromatic nitrogens is 1. The van der Waals surface area contributed by atoms with E-state index in [1.54, 1.807) is 11.3 Å². The molecule has 0 saturated heterocycles. The van der Waals surface area contributed by atoms with Crippen LogP contribution in [0.1, 0.15) is 5.01 Å². The average molecular weight is 219 g/mol. The summed E-state index contributed by atoms with van der Waals surface area (Å²) in [7, 11) is 0. The highest BCUT2D eigenvalue weighted by atomic mass is 32.1. The normalized spacial score (nSPS) is 10.1. The molecule has 4 heteroatoms. The van der Waals surface area contributed by atoms with Crippen molar-refractivity contribution in [2.75, 3.05) is 17.6 Å². The van der Waals surface area contributed by atoms with E-state index in [-0.39, 0.29) is 0 Å². The third kappa shape index (κ3) is 2.95. The molecule has 0 bridgehead atoms. The highest BCUT2D eigenvalue weighted by Crippen LogP contribution is 2.12. The van der Waals surface area contributed by atoms with Crippen molar-refractivity contribution >= 4 is 22.7 Å². The first kappa shape index (κ1) is 9.98. The molecule has 0 saturated carbocycles. The number of hydrogen-bond acceptors (Lipinski definition) is 4. The Morgan fingerprint density at radius 2 is 2.33 bits per heavy atom. The van der Waals surface area contributed by atoms with Crippen molar-refractivity contribution in [3.63, 3.8) is 0 Å². The van der Waals surface area contributed by atoms with Crippen molar-refractivity contribution in [3.05, 3.63) is 40.8 Å². The van der Waals surface area contributed by atoms with Crippen LogP contribution in [0.2, 0.25) is 0 Å². The van der Waals surface area contributed by atoms with Crippen LogP contribution < -0.4 is 11.1 Å². The molecule has 0 atom stereocenters. The zero-order chi connectivity index (χ0) is 10.5. The first-order valence-electron chi connectivity index (χ1n) is 4.82. The Morgan fingerprint density at radius 3 is 3.07 bits per heavy atom. The number of nitrogens with zero attached hydrogens (tertiary/aromatic N) is 1. The van der Waals surface area contributed by atoms with E-state index < -0.39 is 0 Å². The van der Waals surface area contributed by atoms with Crippen LogP contribution in [0, 0.1) is 0 Å². The second-order valence-electron chi connectivity index (χ2n) is 3.23. The van der Waals surface area contributed by atoms with Crippen LogP contribution in [0.5, 0.6) is 0 Å². The minimum absolute atomic E-state index is 0.786. The van der Waals surface area contributed by atoms with Crippen molar-refractivity contribution in [1.29, 1.82) is 0 Å². The maximum Gasteiger partial charge on any atom is 0.0942 e. The van der Waals surface area contributed by atoms with Crippen LogP contribution in [0.15, 0.2) is 35.8 Å². The summed E-state index contributed by atoms with van der Waals surface area (Å²) in [5, 5.41) is 6.46. The molecule has 78 valence electrons. The first-order chi connectivity index (χ1) is 7.34. The lowest BCUT2D eigenvalue weighted by Crippen LogP contribution is -2.04. The number of anilines is 2. The molecule has 1 aromatic carbocycles. The number of nitrogen functional groups attached to an aromatic ring is 1. The lowest BCUT2D eigenvalue weighted by Gasteiger charge is -2.05. The Morgan fingerprint density at radius 1 is 1.40 bits per heavy atom. The fourth-order valence-corrected chi connectivity index (χ4v) is 1.96. The standard InChI is InChI=1S/C11H13N3S/c12-9-2-1-3-10(8-9)13-5-4-11-14-6-7-15-11/h1-3,6-8,13H,4-5,12H2. The third-order valence-electron chi connectivity index (χ3n) is 2.04. The minimum Gasteiger partial charge on any atom is -0.399 e. The van der Waals surface area contributed by atoms with Crippen molar-refractivity contribution in [1.82, 2.24) is 4.98 Å². The maximum atomic E-state index is 5.67. The van der Waals surface area contributed by atoms with Gasteiger partial charge in [0.15, 0.2) is 0 Å². The lowest BCUT2D eigenvalue weighted by atomic mass is 10.3. The molecule has 0 radical (unpaired) electrons. The maximum absolute atomic E-state index is 5.67. The molecule has 0 aliphatic heterocycles. The molecule has 2 aromatic rings. The molecule has 1 heterocycles. The van der Waals surface area contributed by atoms with Crippen molar-refractivity contribution in [2.45, 2.75) is 6.42 Å². The summed E-state index contributed by atoms with van der Waals surface area (Å²) in [6.07, 6.45) is 2.78. The van der Waals surface area contributed by atoms with Gasteiger partial charge in [0.25, 0.3) is 0 Å². The molecular weight excluding hydrogens is 206 g/mol. The Balaban J connectivity index is 1.83. The third-order valence-corrected chi connectivity index (χ3v) is 2.88. The van der Waals surface area contributed by atoms with Gasteiger partial charge < -0.3 is 11.1 Å². The molecule has 0 aliphatic rings. The summed E-state index contributed by atoms with van der Waals surface area (Å²) >= 11 is 1.69. The van der Waals surface area contributed by atoms with Crippen molar-refractivity contribution in [3.8, 4) is 0 Å². The molecule has 0 fully saturated rings. The fourth-order valence-electron chi connectivity index (χ4n) is 1.34. The molecule has 0 spiro atoms. The zero-order valence-electron chi connectivity index (χ0n) is 8.31. The van der Waals surface area contributed by atoms with E-state index >= 15 is 0 Å². The lowest BCUT2D eigenvalue weighted by molar-refractivity contribution is 0.998. The van der Waals surface area contributed by atoms with Crippen LogP contribution >= 0.6 is 11.3 Å². The highest BCUT2D eigenvalue weighted by Gasteiger charge is 1.95. The number of nitrogens with two attached hydrogens (primary N) is 1. The van der Waals surface area contributed by atoms with E-state index in [4.69, 9.17) is 5.73 Å². The molecule has 3 N–H and O–H groups in total. The highest BCUT2D eigenvalue weighted by molar-refractivity contribution is 7.09. The smallest absolute Gasteiger partial charge is 0.0942 e. The summed E-state index contributed by atoms with van der Waals surface area (Å²) in [4.78, 5) is 4.22. The van der Waals surface area contributed by atoms with Crippen molar-refractivity contribution < 1.29 is 0 Å². The van der Waals surface area contributed by atoms with Crippen LogP contribution in [-0.4, -0.2) is 11.5 Å². The second kappa shape index (κ2) is 4.79. The Kier molecular flexibility index (Phi) is 3.19. The van der Waals surface area contributed by atoms with Crippen LogP contribution in [0.3, 0.4) is 0 Å². The number of hydrogen-bond donors (Lipinski definition) is 2. The molecule has 0 unspecified atom stereocenters. The van der Waals surface area contributed by atoms with Crippen LogP contribution in [0.25, 0.3) is 0 Å². The molecule has 15 heavy (non-hydrogen) atoms. The summed E-state index contributed by atoms with van der Waals surface area (Å²) < 4.78 is 0.